The van der Waals surface area contributed by atoms with Crippen molar-refractivity contribution in [3.63, 3.8) is 0 Å². The van der Waals surface area contributed by atoms with Gasteiger partial charge in [-0.25, -0.2) is 4.79 Å². The number of hydrogen-bond donors (Lipinski definition) is 3. The quantitative estimate of drug-likeness (QED) is 0.738. The van der Waals surface area contributed by atoms with Crippen molar-refractivity contribution in [2.75, 3.05) is 0 Å². The average molecular weight is 306 g/mol. The Labute approximate surface area is 122 Å². The lowest BCUT2D eigenvalue weighted by Gasteiger charge is -2.06. The molecule has 0 aliphatic carbocycles. The number of carboxylic acids is 1. The Morgan fingerprint density at radius 1 is 0.857 bits per heavy atom. The van der Waals surface area contributed by atoms with Crippen LogP contribution in [0.25, 0.3) is 0 Å². The van der Waals surface area contributed by atoms with Gasteiger partial charge in [0.25, 0.3) is 0 Å². The average Bonchev–Trinajstić information content (AvgIpc) is 2.40. The van der Waals surface area contributed by atoms with E-state index in [1.807, 2.05) is 12.1 Å². The van der Waals surface area contributed by atoms with Crippen molar-refractivity contribution in [3.05, 3.63) is 70.8 Å². The lowest BCUT2D eigenvalue weighted by Crippen LogP contribution is -1.96. The van der Waals surface area contributed by atoms with Crippen molar-refractivity contribution in [2.45, 2.75) is 12.6 Å². The van der Waals surface area contributed by atoms with Gasteiger partial charge in [-0.05, 0) is 35.2 Å². The number of carbonyl (C=O) groups is 1. The SMILES string of the molecule is O=C(O)c1ccc(Cc2ccc(CP(=O)(O)O)cc2)cc1. The standard InChI is InChI=1S/C15H15O5P/c16-15(17)14-7-5-12(6-8-14)9-11-1-3-13(4-2-11)10-21(18,19)20/h1-8H,9-10H2,(H,16,17)(H2,18,19,20). The Balaban J connectivity index is 2.06. The van der Waals surface area contributed by atoms with Crippen LogP contribution >= 0.6 is 7.60 Å². The Bertz CT molecular complexity index is 670. The Morgan fingerprint density at radius 3 is 1.71 bits per heavy atom. The van der Waals surface area contributed by atoms with Crippen molar-refractivity contribution < 1.29 is 24.3 Å². The third-order valence-corrected chi connectivity index (χ3v) is 3.80. The normalized spacial score (nSPS) is 11.3. The van der Waals surface area contributed by atoms with Crippen LogP contribution in [0, 0.1) is 0 Å². The van der Waals surface area contributed by atoms with Gasteiger partial charge in [-0.1, -0.05) is 36.4 Å². The third kappa shape index (κ3) is 4.83. The molecule has 0 unspecified atom stereocenters. The van der Waals surface area contributed by atoms with Crippen molar-refractivity contribution in [3.8, 4) is 0 Å². The monoisotopic (exact) mass is 306 g/mol. The highest BCUT2D eigenvalue weighted by atomic mass is 31.2. The van der Waals surface area contributed by atoms with E-state index < -0.39 is 13.6 Å². The van der Waals surface area contributed by atoms with Crippen molar-refractivity contribution in [2.24, 2.45) is 0 Å². The molecule has 2 aromatic rings. The summed E-state index contributed by atoms with van der Waals surface area (Å²) in [6.07, 6.45) is 0.372. The van der Waals surface area contributed by atoms with Gasteiger partial charge in [-0.2, -0.15) is 0 Å². The first-order valence-corrected chi connectivity index (χ1v) is 8.08. The molecule has 6 heteroatoms. The van der Waals surface area contributed by atoms with E-state index >= 15 is 0 Å². The smallest absolute Gasteiger partial charge is 0.335 e. The number of benzene rings is 2. The predicted molar refractivity (Wildman–Crippen MR) is 78.4 cm³/mol. The summed E-state index contributed by atoms with van der Waals surface area (Å²) in [5.74, 6) is -0.955. The fourth-order valence-electron chi connectivity index (χ4n) is 2.00. The fraction of sp³-hybridized carbons (Fsp3) is 0.133. The Hall–Kier alpha value is -1.94. The van der Waals surface area contributed by atoms with Gasteiger partial charge < -0.3 is 14.9 Å². The maximum absolute atomic E-state index is 10.9. The molecular formula is C15H15O5P. The second-order valence-corrected chi connectivity index (χ2v) is 6.46. The Kier molecular flexibility index (Phi) is 4.58. The molecule has 0 spiro atoms. The molecule has 0 bridgehead atoms. The van der Waals surface area contributed by atoms with E-state index in [4.69, 9.17) is 14.9 Å². The van der Waals surface area contributed by atoms with E-state index in [0.717, 1.165) is 11.1 Å². The summed E-state index contributed by atoms with van der Waals surface area (Å²) in [7, 11) is -4.04. The second kappa shape index (κ2) is 6.22. The molecular weight excluding hydrogens is 291 g/mol. The highest BCUT2D eigenvalue weighted by molar-refractivity contribution is 7.50. The first kappa shape index (κ1) is 15.4. The first-order chi connectivity index (χ1) is 9.83. The minimum atomic E-state index is -4.04. The summed E-state index contributed by atoms with van der Waals surface area (Å²) in [5, 5.41) is 8.83. The van der Waals surface area contributed by atoms with Gasteiger partial charge >= 0.3 is 13.6 Å². The van der Waals surface area contributed by atoms with E-state index in [-0.39, 0.29) is 11.7 Å². The van der Waals surface area contributed by atoms with Crippen LogP contribution in [0.15, 0.2) is 48.5 Å². The molecule has 5 nitrogen and oxygen atoms in total. The molecule has 21 heavy (non-hydrogen) atoms. The van der Waals surface area contributed by atoms with E-state index in [9.17, 15) is 9.36 Å². The van der Waals surface area contributed by atoms with Crippen molar-refractivity contribution in [1.82, 2.24) is 0 Å². The van der Waals surface area contributed by atoms with E-state index in [0.29, 0.717) is 12.0 Å². The molecule has 0 aromatic heterocycles. The van der Waals surface area contributed by atoms with E-state index in [1.54, 1.807) is 36.4 Å². The molecule has 0 heterocycles. The summed E-state index contributed by atoms with van der Waals surface area (Å²) in [4.78, 5) is 28.6. The molecule has 0 atom stereocenters. The third-order valence-electron chi connectivity index (χ3n) is 3.02. The molecule has 0 fully saturated rings. The van der Waals surface area contributed by atoms with Gasteiger partial charge in [0, 0.05) is 0 Å². The Morgan fingerprint density at radius 2 is 1.29 bits per heavy atom. The predicted octanol–water partition coefficient (Wildman–Crippen LogP) is 2.65. The second-order valence-electron chi connectivity index (χ2n) is 4.82. The van der Waals surface area contributed by atoms with Gasteiger partial charge in [0.05, 0.1) is 11.7 Å². The van der Waals surface area contributed by atoms with Crippen LogP contribution < -0.4 is 0 Å². The highest BCUT2D eigenvalue weighted by Crippen LogP contribution is 2.38. The summed E-state index contributed by atoms with van der Waals surface area (Å²) < 4.78 is 10.9. The zero-order chi connectivity index (χ0) is 15.5. The fourth-order valence-corrected chi connectivity index (χ4v) is 2.69. The lowest BCUT2D eigenvalue weighted by atomic mass is 10.0. The van der Waals surface area contributed by atoms with Crippen LogP contribution in [0.4, 0.5) is 0 Å². The molecule has 0 radical (unpaired) electrons. The minimum absolute atomic E-state index is 0.246. The van der Waals surface area contributed by atoms with Crippen LogP contribution in [-0.2, 0) is 17.1 Å². The van der Waals surface area contributed by atoms with E-state index in [1.165, 1.54) is 0 Å². The number of rotatable bonds is 5. The minimum Gasteiger partial charge on any atom is -0.478 e. The number of aromatic carboxylic acids is 1. The lowest BCUT2D eigenvalue weighted by molar-refractivity contribution is 0.0697. The summed E-state index contributed by atoms with van der Waals surface area (Å²) >= 11 is 0. The van der Waals surface area contributed by atoms with Crippen LogP contribution in [0.2, 0.25) is 0 Å². The van der Waals surface area contributed by atoms with Gasteiger partial charge in [-0.15, -0.1) is 0 Å². The van der Waals surface area contributed by atoms with Crippen LogP contribution in [0.5, 0.6) is 0 Å². The van der Waals surface area contributed by atoms with Crippen LogP contribution in [-0.4, -0.2) is 20.9 Å². The van der Waals surface area contributed by atoms with Crippen molar-refractivity contribution >= 4 is 13.6 Å². The molecule has 0 saturated carbocycles. The molecule has 2 rings (SSSR count). The van der Waals surface area contributed by atoms with Crippen molar-refractivity contribution in [1.29, 1.82) is 0 Å². The van der Waals surface area contributed by atoms with Gasteiger partial charge in [-0.3, -0.25) is 4.57 Å². The van der Waals surface area contributed by atoms with Crippen LogP contribution in [0.3, 0.4) is 0 Å². The molecule has 0 aliphatic heterocycles. The van der Waals surface area contributed by atoms with Gasteiger partial charge in [0.2, 0.25) is 0 Å². The van der Waals surface area contributed by atoms with E-state index in [2.05, 4.69) is 0 Å². The zero-order valence-electron chi connectivity index (χ0n) is 11.1. The number of carboxylic acid groups (broad SMARTS) is 1. The van der Waals surface area contributed by atoms with Gasteiger partial charge in [0.15, 0.2) is 0 Å². The molecule has 2 aromatic carbocycles. The van der Waals surface area contributed by atoms with Gasteiger partial charge in [0.1, 0.15) is 0 Å². The highest BCUT2D eigenvalue weighted by Gasteiger charge is 2.13. The first-order valence-electron chi connectivity index (χ1n) is 6.28. The largest absolute Gasteiger partial charge is 0.478 e. The molecule has 110 valence electrons. The maximum Gasteiger partial charge on any atom is 0.335 e. The molecule has 0 aliphatic rings. The molecule has 3 N–H and O–H groups in total. The van der Waals surface area contributed by atoms with Crippen LogP contribution in [0.1, 0.15) is 27.0 Å². The summed E-state index contributed by atoms with van der Waals surface area (Å²) in [6, 6.07) is 13.6. The zero-order valence-corrected chi connectivity index (χ0v) is 12.0. The topological polar surface area (TPSA) is 94.8 Å². The summed E-state index contributed by atoms with van der Waals surface area (Å²) in [6.45, 7) is 0. The maximum atomic E-state index is 10.9. The number of hydrogen-bond acceptors (Lipinski definition) is 2. The molecule has 0 amide bonds. The summed E-state index contributed by atoms with van der Waals surface area (Å²) in [5.41, 5.74) is 2.80. The molecule has 0 saturated heterocycles.